The molecular formula is C8H17N3. The van der Waals surface area contributed by atoms with Gasteiger partial charge >= 0.3 is 0 Å². The number of rotatable bonds is 7. The van der Waals surface area contributed by atoms with Crippen molar-refractivity contribution in [3.05, 3.63) is 0 Å². The minimum atomic E-state index is 0.612. The van der Waals surface area contributed by atoms with Crippen LogP contribution in [0.2, 0.25) is 0 Å². The molecule has 0 spiro atoms. The molecule has 0 aliphatic carbocycles. The highest BCUT2D eigenvalue weighted by molar-refractivity contribution is 4.69. The summed E-state index contributed by atoms with van der Waals surface area (Å²) in [5.74, 6) is 0. The van der Waals surface area contributed by atoms with Crippen LogP contribution in [0.4, 0.5) is 0 Å². The van der Waals surface area contributed by atoms with Crippen molar-refractivity contribution < 1.29 is 0 Å². The molecule has 0 saturated carbocycles. The zero-order valence-electron chi connectivity index (χ0n) is 7.19. The van der Waals surface area contributed by atoms with Crippen molar-refractivity contribution in [3.8, 4) is 6.07 Å². The third-order valence-corrected chi connectivity index (χ3v) is 1.37. The average Bonchev–Trinajstić information content (AvgIpc) is 2.03. The van der Waals surface area contributed by atoms with Gasteiger partial charge in [-0.05, 0) is 26.1 Å². The molecule has 0 aliphatic heterocycles. The molecule has 11 heavy (non-hydrogen) atoms. The van der Waals surface area contributed by atoms with Crippen molar-refractivity contribution in [1.29, 1.82) is 5.26 Å². The van der Waals surface area contributed by atoms with Crippen LogP contribution in [0.15, 0.2) is 0 Å². The summed E-state index contributed by atoms with van der Waals surface area (Å²) in [6.45, 7) is 6.04. The number of nitrogens with one attached hydrogen (secondary N) is 2. The third-order valence-electron chi connectivity index (χ3n) is 1.37. The molecule has 0 aliphatic rings. The SMILES string of the molecule is CCNCCCNCCC#N. The van der Waals surface area contributed by atoms with Gasteiger partial charge in [-0.2, -0.15) is 5.26 Å². The van der Waals surface area contributed by atoms with E-state index in [2.05, 4.69) is 23.6 Å². The number of nitriles is 1. The van der Waals surface area contributed by atoms with E-state index in [0.29, 0.717) is 6.42 Å². The average molecular weight is 155 g/mol. The van der Waals surface area contributed by atoms with Crippen molar-refractivity contribution in [2.75, 3.05) is 26.2 Å². The maximum absolute atomic E-state index is 8.20. The summed E-state index contributed by atoms with van der Waals surface area (Å²) in [4.78, 5) is 0. The van der Waals surface area contributed by atoms with E-state index in [1.807, 2.05) is 0 Å². The monoisotopic (exact) mass is 155 g/mol. The van der Waals surface area contributed by atoms with E-state index in [1.54, 1.807) is 0 Å². The first-order valence-corrected chi connectivity index (χ1v) is 4.20. The molecule has 3 heteroatoms. The van der Waals surface area contributed by atoms with Gasteiger partial charge in [-0.25, -0.2) is 0 Å². The highest BCUT2D eigenvalue weighted by Crippen LogP contribution is 1.74. The second-order valence-electron chi connectivity index (χ2n) is 2.37. The van der Waals surface area contributed by atoms with Gasteiger partial charge in [0.15, 0.2) is 0 Å². The second kappa shape index (κ2) is 9.41. The Hall–Kier alpha value is -0.590. The summed E-state index contributed by atoms with van der Waals surface area (Å²) in [7, 11) is 0. The smallest absolute Gasteiger partial charge is 0.0635 e. The van der Waals surface area contributed by atoms with Crippen molar-refractivity contribution in [3.63, 3.8) is 0 Å². The van der Waals surface area contributed by atoms with Crippen LogP contribution in [0.1, 0.15) is 19.8 Å². The molecule has 0 atom stereocenters. The van der Waals surface area contributed by atoms with Crippen LogP contribution in [0.3, 0.4) is 0 Å². The topological polar surface area (TPSA) is 47.8 Å². The van der Waals surface area contributed by atoms with Gasteiger partial charge in [0.1, 0.15) is 0 Å². The van der Waals surface area contributed by atoms with Gasteiger partial charge in [-0.1, -0.05) is 6.92 Å². The number of hydrogen-bond donors (Lipinski definition) is 2. The fourth-order valence-corrected chi connectivity index (χ4v) is 0.784. The molecule has 0 unspecified atom stereocenters. The summed E-state index contributed by atoms with van der Waals surface area (Å²) in [6, 6.07) is 2.09. The first-order chi connectivity index (χ1) is 5.41. The van der Waals surface area contributed by atoms with Crippen molar-refractivity contribution in [1.82, 2.24) is 10.6 Å². The lowest BCUT2D eigenvalue weighted by molar-refractivity contribution is 0.610. The van der Waals surface area contributed by atoms with Gasteiger partial charge in [0.05, 0.1) is 6.07 Å². The van der Waals surface area contributed by atoms with Crippen molar-refractivity contribution in [2.24, 2.45) is 0 Å². The quantitative estimate of drug-likeness (QED) is 0.526. The lowest BCUT2D eigenvalue weighted by Crippen LogP contribution is -2.22. The van der Waals surface area contributed by atoms with Crippen LogP contribution in [0.5, 0.6) is 0 Å². The van der Waals surface area contributed by atoms with E-state index in [0.717, 1.165) is 32.6 Å². The predicted molar refractivity (Wildman–Crippen MR) is 46.3 cm³/mol. The van der Waals surface area contributed by atoms with Gasteiger partial charge in [0.25, 0.3) is 0 Å². The molecule has 3 nitrogen and oxygen atoms in total. The van der Waals surface area contributed by atoms with Gasteiger partial charge in [-0.15, -0.1) is 0 Å². The Balaban J connectivity index is 2.75. The highest BCUT2D eigenvalue weighted by atomic mass is 14.9. The van der Waals surface area contributed by atoms with Crippen LogP contribution in [-0.4, -0.2) is 26.2 Å². The highest BCUT2D eigenvalue weighted by Gasteiger charge is 1.86. The lowest BCUT2D eigenvalue weighted by Gasteiger charge is -2.01. The molecule has 2 N–H and O–H groups in total. The summed E-state index contributed by atoms with van der Waals surface area (Å²) in [5.41, 5.74) is 0. The summed E-state index contributed by atoms with van der Waals surface area (Å²) < 4.78 is 0. The fourth-order valence-electron chi connectivity index (χ4n) is 0.784. The maximum Gasteiger partial charge on any atom is 0.0635 e. The van der Waals surface area contributed by atoms with Gasteiger partial charge < -0.3 is 10.6 Å². The fraction of sp³-hybridized carbons (Fsp3) is 0.875. The van der Waals surface area contributed by atoms with Gasteiger partial charge in [-0.3, -0.25) is 0 Å². The van der Waals surface area contributed by atoms with Crippen LogP contribution in [-0.2, 0) is 0 Å². The molecule has 0 bridgehead atoms. The first kappa shape index (κ1) is 10.4. The molecule has 64 valence electrons. The van der Waals surface area contributed by atoms with E-state index in [4.69, 9.17) is 5.26 Å². The summed E-state index contributed by atoms with van der Waals surface area (Å²) in [6.07, 6.45) is 1.75. The minimum absolute atomic E-state index is 0.612. The Morgan fingerprint density at radius 3 is 2.55 bits per heavy atom. The van der Waals surface area contributed by atoms with Crippen LogP contribution in [0.25, 0.3) is 0 Å². The maximum atomic E-state index is 8.20. The van der Waals surface area contributed by atoms with Gasteiger partial charge in [0.2, 0.25) is 0 Å². The van der Waals surface area contributed by atoms with Crippen molar-refractivity contribution >= 4 is 0 Å². The lowest BCUT2D eigenvalue weighted by atomic mass is 10.4. The summed E-state index contributed by atoms with van der Waals surface area (Å²) >= 11 is 0. The molecule has 0 rings (SSSR count). The minimum Gasteiger partial charge on any atom is -0.317 e. The molecular weight excluding hydrogens is 138 g/mol. The Morgan fingerprint density at radius 2 is 1.91 bits per heavy atom. The molecule has 0 heterocycles. The Labute approximate surface area is 68.8 Å². The predicted octanol–water partition coefficient (Wildman–Crippen LogP) is 0.489. The number of hydrogen-bond acceptors (Lipinski definition) is 3. The van der Waals surface area contributed by atoms with Crippen LogP contribution < -0.4 is 10.6 Å². The molecule has 0 aromatic carbocycles. The molecule has 0 fully saturated rings. The van der Waals surface area contributed by atoms with E-state index in [-0.39, 0.29) is 0 Å². The van der Waals surface area contributed by atoms with Crippen LogP contribution in [0, 0.1) is 11.3 Å². The number of nitrogens with zero attached hydrogens (tertiary/aromatic N) is 1. The molecule has 0 radical (unpaired) electrons. The summed E-state index contributed by atoms with van der Waals surface area (Å²) in [5, 5.41) is 14.6. The zero-order valence-corrected chi connectivity index (χ0v) is 7.19. The Morgan fingerprint density at radius 1 is 1.18 bits per heavy atom. The van der Waals surface area contributed by atoms with E-state index < -0.39 is 0 Å². The normalized spacial score (nSPS) is 9.45. The molecule has 0 aromatic rings. The van der Waals surface area contributed by atoms with Gasteiger partial charge in [0, 0.05) is 13.0 Å². The standard InChI is InChI=1S/C8H17N3/c1-2-10-7-4-8-11-6-3-5-9/h10-11H,2-4,6-8H2,1H3. The Bertz CT molecular complexity index is 106. The van der Waals surface area contributed by atoms with E-state index in [1.165, 1.54) is 0 Å². The second-order valence-corrected chi connectivity index (χ2v) is 2.37. The zero-order chi connectivity index (χ0) is 8.36. The molecule has 0 amide bonds. The largest absolute Gasteiger partial charge is 0.317 e. The molecule has 0 saturated heterocycles. The van der Waals surface area contributed by atoms with Crippen molar-refractivity contribution in [2.45, 2.75) is 19.8 Å². The third kappa shape index (κ3) is 9.41. The molecule has 0 aromatic heterocycles. The Kier molecular flexibility index (Phi) is 8.91. The first-order valence-electron chi connectivity index (χ1n) is 4.20. The van der Waals surface area contributed by atoms with E-state index in [9.17, 15) is 0 Å². The van der Waals surface area contributed by atoms with E-state index >= 15 is 0 Å². The van der Waals surface area contributed by atoms with Crippen LogP contribution >= 0.6 is 0 Å².